The number of nitrogens with zero attached hydrogens (tertiary/aromatic N) is 5. The van der Waals surface area contributed by atoms with Crippen LogP contribution in [0.15, 0.2) is 0 Å². The highest BCUT2D eigenvalue weighted by molar-refractivity contribution is 7.22. The number of hydrogen-bond acceptors (Lipinski definition) is 5. The van der Waals surface area contributed by atoms with E-state index in [1.807, 2.05) is 23.6 Å². The van der Waals surface area contributed by atoms with Crippen LogP contribution in [0.3, 0.4) is 0 Å². The zero-order valence-corrected chi connectivity index (χ0v) is 12.2. The van der Waals surface area contributed by atoms with Gasteiger partial charge in [0.1, 0.15) is 0 Å². The Labute approximate surface area is 115 Å². The lowest BCUT2D eigenvalue weighted by Gasteiger charge is -2.33. The number of amides is 1. The molecule has 1 saturated heterocycles. The largest absolute Gasteiger partial charge is 0.344 e. The zero-order chi connectivity index (χ0) is 13.6. The van der Waals surface area contributed by atoms with Crippen molar-refractivity contribution < 1.29 is 4.79 Å². The van der Waals surface area contributed by atoms with Crippen LogP contribution in [0.25, 0.3) is 10.3 Å². The molecule has 0 aliphatic carbocycles. The van der Waals surface area contributed by atoms with Gasteiger partial charge >= 0.3 is 0 Å². The van der Waals surface area contributed by atoms with Gasteiger partial charge < -0.3 is 9.80 Å². The highest BCUT2D eigenvalue weighted by Crippen LogP contribution is 2.31. The van der Waals surface area contributed by atoms with Crippen molar-refractivity contribution in [1.29, 1.82) is 0 Å². The van der Waals surface area contributed by atoms with E-state index in [9.17, 15) is 4.79 Å². The highest BCUT2D eigenvalue weighted by atomic mass is 32.1. The van der Waals surface area contributed by atoms with Crippen LogP contribution >= 0.6 is 11.3 Å². The Balaban J connectivity index is 1.82. The van der Waals surface area contributed by atoms with Crippen LogP contribution in [0, 0.1) is 6.92 Å². The molecule has 3 heterocycles. The van der Waals surface area contributed by atoms with Gasteiger partial charge in [0, 0.05) is 40.2 Å². The summed E-state index contributed by atoms with van der Waals surface area (Å²) in [6.45, 7) is 6.91. The maximum Gasteiger partial charge on any atom is 0.219 e. The smallest absolute Gasteiger partial charge is 0.219 e. The van der Waals surface area contributed by atoms with Gasteiger partial charge in [-0.3, -0.25) is 4.79 Å². The number of carbonyl (C=O) groups is 1. The summed E-state index contributed by atoms with van der Waals surface area (Å²) >= 11 is 1.69. The molecule has 0 radical (unpaired) electrons. The van der Waals surface area contributed by atoms with Crippen molar-refractivity contribution in [2.75, 3.05) is 31.1 Å². The van der Waals surface area contributed by atoms with Gasteiger partial charge in [0.25, 0.3) is 0 Å². The van der Waals surface area contributed by atoms with Crippen molar-refractivity contribution in [2.45, 2.75) is 13.8 Å². The van der Waals surface area contributed by atoms with Crippen molar-refractivity contribution in [3.63, 3.8) is 0 Å². The number of aromatic nitrogens is 3. The van der Waals surface area contributed by atoms with E-state index in [4.69, 9.17) is 0 Å². The minimum absolute atomic E-state index is 0.156. The third kappa shape index (κ3) is 2.07. The number of thiazole rings is 1. The molecule has 102 valence electrons. The standard InChI is InChI=1S/C12H17N5OS/c1-8-10-11(15(3)14-8)13-12(19-10)17-6-4-16(5-7-17)9(2)18/h4-7H2,1-3H3. The Hall–Kier alpha value is -1.63. The van der Waals surface area contributed by atoms with Crippen molar-refractivity contribution in [2.24, 2.45) is 7.05 Å². The van der Waals surface area contributed by atoms with Crippen LogP contribution in [0.1, 0.15) is 12.6 Å². The van der Waals surface area contributed by atoms with E-state index in [1.54, 1.807) is 18.3 Å². The van der Waals surface area contributed by atoms with Gasteiger partial charge in [-0.05, 0) is 6.92 Å². The number of anilines is 1. The van der Waals surface area contributed by atoms with Gasteiger partial charge in [0.05, 0.1) is 10.4 Å². The van der Waals surface area contributed by atoms with E-state index in [0.717, 1.165) is 47.4 Å². The molecule has 19 heavy (non-hydrogen) atoms. The number of rotatable bonds is 1. The molecule has 6 nitrogen and oxygen atoms in total. The molecule has 1 aliphatic heterocycles. The van der Waals surface area contributed by atoms with E-state index in [0.29, 0.717) is 0 Å². The predicted octanol–water partition coefficient (Wildman–Crippen LogP) is 1.01. The summed E-state index contributed by atoms with van der Waals surface area (Å²) in [5.74, 6) is 0.156. The molecule has 0 bridgehead atoms. The Morgan fingerprint density at radius 1 is 1.26 bits per heavy atom. The van der Waals surface area contributed by atoms with Gasteiger partial charge in [-0.1, -0.05) is 11.3 Å². The first-order valence-electron chi connectivity index (χ1n) is 6.37. The normalized spacial score (nSPS) is 16.4. The van der Waals surface area contributed by atoms with Crippen molar-refractivity contribution in [1.82, 2.24) is 19.7 Å². The molecule has 2 aromatic rings. The Morgan fingerprint density at radius 2 is 1.95 bits per heavy atom. The van der Waals surface area contributed by atoms with E-state index in [-0.39, 0.29) is 5.91 Å². The molecule has 0 spiro atoms. The lowest BCUT2D eigenvalue weighted by atomic mass is 10.3. The molecule has 7 heteroatoms. The third-order valence-electron chi connectivity index (χ3n) is 3.53. The maximum absolute atomic E-state index is 11.3. The first-order chi connectivity index (χ1) is 9.06. The molecule has 1 fully saturated rings. The fourth-order valence-electron chi connectivity index (χ4n) is 2.42. The molecule has 0 aromatic carbocycles. The number of hydrogen-bond donors (Lipinski definition) is 0. The number of piperazine rings is 1. The van der Waals surface area contributed by atoms with Crippen molar-refractivity contribution in [3.8, 4) is 0 Å². The lowest BCUT2D eigenvalue weighted by Crippen LogP contribution is -2.48. The second kappa shape index (κ2) is 4.48. The zero-order valence-electron chi connectivity index (χ0n) is 11.4. The first kappa shape index (κ1) is 12.4. The Kier molecular flexibility index (Phi) is 2.93. The summed E-state index contributed by atoms with van der Waals surface area (Å²) in [5, 5.41) is 5.40. The average Bonchev–Trinajstić information content (AvgIpc) is 2.93. The monoisotopic (exact) mass is 279 g/mol. The van der Waals surface area contributed by atoms with Crippen molar-refractivity contribution >= 4 is 32.7 Å². The molecule has 1 aliphatic rings. The summed E-state index contributed by atoms with van der Waals surface area (Å²) < 4.78 is 2.99. The van der Waals surface area contributed by atoms with E-state index in [2.05, 4.69) is 15.0 Å². The summed E-state index contributed by atoms with van der Waals surface area (Å²) in [4.78, 5) is 20.1. The highest BCUT2D eigenvalue weighted by Gasteiger charge is 2.22. The first-order valence-corrected chi connectivity index (χ1v) is 7.18. The van der Waals surface area contributed by atoms with Gasteiger partial charge in [0.15, 0.2) is 10.8 Å². The van der Waals surface area contributed by atoms with Crippen molar-refractivity contribution in [3.05, 3.63) is 5.69 Å². The van der Waals surface area contributed by atoms with Gasteiger partial charge in [-0.15, -0.1) is 0 Å². The molecule has 0 unspecified atom stereocenters. The van der Waals surface area contributed by atoms with Crippen LogP contribution < -0.4 is 4.90 Å². The number of carbonyl (C=O) groups excluding carboxylic acids is 1. The van der Waals surface area contributed by atoms with E-state index >= 15 is 0 Å². The summed E-state index contributed by atoms with van der Waals surface area (Å²) in [6, 6.07) is 0. The fraction of sp³-hybridized carbons (Fsp3) is 0.583. The fourth-order valence-corrected chi connectivity index (χ4v) is 3.51. The number of aryl methyl sites for hydroxylation is 2. The Morgan fingerprint density at radius 3 is 2.53 bits per heavy atom. The van der Waals surface area contributed by atoms with E-state index < -0.39 is 0 Å². The minimum atomic E-state index is 0.156. The van der Waals surface area contributed by atoms with Crippen LogP contribution in [0.5, 0.6) is 0 Å². The minimum Gasteiger partial charge on any atom is -0.344 e. The maximum atomic E-state index is 11.3. The summed E-state index contributed by atoms with van der Waals surface area (Å²) in [6.07, 6.45) is 0. The lowest BCUT2D eigenvalue weighted by molar-refractivity contribution is -0.129. The van der Waals surface area contributed by atoms with Crippen LogP contribution in [-0.4, -0.2) is 51.8 Å². The SMILES string of the molecule is CC(=O)N1CCN(c2nc3c(s2)c(C)nn3C)CC1. The molecule has 1 amide bonds. The molecular formula is C12H17N5OS. The molecule has 3 rings (SSSR count). The predicted molar refractivity (Wildman–Crippen MR) is 75.6 cm³/mol. The number of fused-ring (bicyclic) bond motifs is 1. The average molecular weight is 279 g/mol. The third-order valence-corrected chi connectivity index (χ3v) is 4.74. The molecule has 0 atom stereocenters. The van der Waals surface area contributed by atoms with Crippen LogP contribution in [-0.2, 0) is 11.8 Å². The van der Waals surface area contributed by atoms with Crippen LogP contribution in [0.4, 0.5) is 5.13 Å². The molecule has 0 saturated carbocycles. The topological polar surface area (TPSA) is 54.3 Å². The molecular weight excluding hydrogens is 262 g/mol. The summed E-state index contributed by atoms with van der Waals surface area (Å²) in [7, 11) is 1.92. The Bertz CT molecular complexity index is 589. The van der Waals surface area contributed by atoms with Gasteiger partial charge in [-0.25, -0.2) is 9.67 Å². The van der Waals surface area contributed by atoms with Gasteiger partial charge in [0.2, 0.25) is 5.91 Å². The molecule has 2 aromatic heterocycles. The summed E-state index contributed by atoms with van der Waals surface area (Å²) in [5.41, 5.74) is 1.98. The quantitative estimate of drug-likeness (QED) is 0.781. The second-order valence-corrected chi connectivity index (χ2v) is 5.83. The van der Waals surface area contributed by atoms with E-state index in [1.165, 1.54) is 0 Å². The van der Waals surface area contributed by atoms with Crippen LogP contribution in [0.2, 0.25) is 0 Å². The van der Waals surface area contributed by atoms with Gasteiger partial charge in [-0.2, -0.15) is 5.10 Å². The molecule has 0 N–H and O–H groups in total. The second-order valence-electron chi connectivity index (χ2n) is 4.85.